The summed E-state index contributed by atoms with van der Waals surface area (Å²) in [6.45, 7) is 5.77. The molecule has 0 spiro atoms. The molecule has 0 aliphatic heterocycles. The first-order valence-electron chi connectivity index (χ1n) is 9.18. The average molecular weight is 405 g/mol. The number of halogens is 1. The van der Waals surface area contributed by atoms with Crippen molar-refractivity contribution >= 4 is 33.5 Å². The third-order valence-electron chi connectivity index (χ3n) is 5.31. The molecule has 3 heterocycles. The van der Waals surface area contributed by atoms with Crippen LogP contribution in [-0.2, 0) is 0 Å². The molecule has 0 unspecified atom stereocenters. The zero-order chi connectivity index (χ0) is 20.3. The van der Waals surface area contributed by atoms with E-state index in [1.165, 1.54) is 0 Å². The number of aromatic amines is 2. The first kappa shape index (κ1) is 17.7. The first-order valence-corrected chi connectivity index (χ1v) is 9.56. The smallest absolute Gasteiger partial charge is 0.323 e. The molecule has 5 aromatic rings. The summed E-state index contributed by atoms with van der Waals surface area (Å²) in [5, 5.41) is 5.52. The lowest BCUT2D eigenvalue weighted by atomic mass is 9.91. The van der Waals surface area contributed by atoms with Gasteiger partial charge >= 0.3 is 5.69 Å². The Morgan fingerprint density at radius 1 is 1.00 bits per heavy atom. The summed E-state index contributed by atoms with van der Waals surface area (Å²) >= 11 is 6.74. The van der Waals surface area contributed by atoms with E-state index < -0.39 is 0 Å². The fraction of sp³-hybridized carbons (Fsp3) is 0.136. The molecule has 0 bridgehead atoms. The van der Waals surface area contributed by atoms with Crippen LogP contribution in [0, 0.1) is 20.8 Å². The van der Waals surface area contributed by atoms with E-state index in [0.29, 0.717) is 21.8 Å². The number of pyridine rings is 1. The standard InChI is InChI=1S/C22H17ClN4O2/c1-10-6-7-16-13(5-4-8-24-16)17(10)15-9-14(18-11(2)27-29-12(18)3)19(23)21-20(15)25-22(28)26-21/h4-9H,1-3H3,(H2,25,26,28). The third kappa shape index (κ3) is 2.60. The minimum Gasteiger partial charge on any atom is -0.361 e. The van der Waals surface area contributed by atoms with E-state index in [2.05, 4.69) is 20.1 Å². The molecular formula is C22H17ClN4O2. The molecule has 0 saturated carbocycles. The molecule has 0 aliphatic rings. The molecule has 0 atom stereocenters. The van der Waals surface area contributed by atoms with Crippen LogP contribution in [-0.4, -0.2) is 20.1 Å². The van der Waals surface area contributed by atoms with Crippen molar-refractivity contribution in [2.45, 2.75) is 20.8 Å². The number of aryl methyl sites for hydroxylation is 3. The molecule has 5 rings (SSSR count). The fourth-order valence-electron chi connectivity index (χ4n) is 4.03. The Balaban J connectivity index is 1.97. The molecular weight excluding hydrogens is 388 g/mol. The Bertz CT molecular complexity index is 1460. The lowest BCUT2D eigenvalue weighted by Crippen LogP contribution is -1.99. The van der Waals surface area contributed by atoms with Gasteiger partial charge in [0.2, 0.25) is 0 Å². The van der Waals surface area contributed by atoms with Crippen molar-refractivity contribution in [3.8, 4) is 22.3 Å². The summed E-state index contributed by atoms with van der Waals surface area (Å²) in [6.07, 6.45) is 1.77. The molecule has 2 N–H and O–H groups in total. The Kier molecular flexibility index (Phi) is 3.86. The minimum atomic E-state index is -0.310. The molecule has 6 nitrogen and oxygen atoms in total. The zero-order valence-electron chi connectivity index (χ0n) is 16.1. The number of nitrogens with zero attached hydrogens (tertiary/aromatic N) is 2. The van der Waals surface area contributed by atoms with Crippen LogP contribution in [0.5, 0.6) is 0 Å². The Labute approximate surface area is 170 Å². The molecule has 0 radical (unpaired) electrons. The topological polar surface area (TPSA) is 87.6 Å². The first-order chi connectivity index (χ1) is 14.0. The average Bonchev–Trinajstić information content (AvgIpc) is 3.25. The van der Waals surface area contributed by atoms with Crippen molar-refractivity contribution in [2.24, 2.45) is 0 Å². The molecule has 2 aromatic carbocycles. The number of benzene rings is 2. The van der Waals surface area contributed by atoms with Crippen LogP contribution >= 0.6 is 11.6 Å². The summed E-state index contributed by atoms with van der Waals surface area (Å²) in [6, 6.07) is 9.97. The summed E-state index contributed by atoms with van der Waals surface area (Å²) in [4.78, 5) is 22.4. The highest BCUT2D eigenvalue weighted by atomic mass is 35.5. The quantitative estimate of drug-likeness (QED) is 0.417. The van der Waals surface area contributed by atoms with Crippen LogP contribution < -0.4 is 5.69 Å². The molecule has 144 valence electrons. The largest absolute Gasteiger partial charge is 0.361 e. The second-order valence-electron chi connectivity index (χ2n) is 7.14. The maximum absolute atomic E-state index is 12.2. The second kappa shape index (κ2) is 6.32. The highest BCUT2D eigenvalue weighted by molar-refractivity contribution is 6.38. The minimum absolute atomic E-state index is 0.310. The predicted molar refractivity (Wildman–Crippen MR) is 114 cm³/mol. The summed E-state index contributed by atoms with van der Waals surface area (Å²) in [7, 11) is 0. The van der Waals surface area contributed by atoms with Crippen LogP contribution in [0.3, 0.4) is 0 Å². The van der Waals surface area contributed by atoms with Crippen molar-refractivity contribution in [2.75, 3.05) is 0 Å². The van der Waals surface area contributed by atoms with Crippen molar-refractivity contribution < 1.29 is 4.52 Å². The maximum Gasteiger partial charge on any atom is 0.323 e. The third-order valence-corrected chi connectivity index (χ3v) is 5.70. The number of nitrogens with one attached hydrogen (secondary N) is 2. The molecule has 0 fully saturated rings. The number of hydrogen-bond acceptors (Lipinski definition) is 4. The number of fused-ring (bicyclic) bond motifs is 2. The van der Waals surface area contributed by atoms with Gasteiger partial charge in [-0.3, -0.25) is 4.98 Å². The van der Waals surface area contributed by atoms with Crippen LogP contribution in [0.2, 0.25) is 5.02 Å². The molecule has 7 heteroatoms. The number of hydrogen-bond donors (Lipinski definition) is 2. The van der Waals surface area contributed by atoms with Gasteiger partial charge in [0.25, 0.3) is 0 Å². The van der Waals surface area contributed by atoms with Gasteiger partial charge in [0, 0.05) is 28.3 Å². The molecule has 3 aromatic heterocycles. The van der Waals surface area contributed by atoms with Crippen molar-refractivity contribution in [1.82, 2.24) is 20.1 Å². The number of rotatable bonds is 2. The van der Waals surface area contributed by atoms with Gasteiger partial charge in [-0.15, -0.1) is 0 Å². The summed E-state index contributed by atoms with van der Waals surface area (Å²) in [5.41, 5.74) is 7.07. The maximum atomic E-state index is 12.2. The Hall–Kier alpha value is -3.38. The fourth-order valence-corrected chi connectivity index (χ4v) is 4.32. The highest BCUT2D eigenvalue weighted by Crippen LogP contribution is 2.43. The predicted octanol–water partition coefficient (Wildman–Crippen LogP) is 5.31. The molecule has 0 amide bonds. The van der Waals surface area contributed by atoms with Gasteiger partial charge in [-0.1, -0.05) is 28.9 Å². The van der Waals surface area contributed by atoms with E-state index in [4.69, 9.17) is 16.1 Å². The Morgan fingerprint density at radius 3 is 2.55 bits per heavy atom. The highest BCUT2D eigenvalue weighted by Gasteiger charge is 2.22. The second-order valence-corrected chi connectivity index (χ2v) is 7.52. The Morgan fingerprint density at radius 2 is 1.79 bits per heavy atom. The monoisotopic (exact) mass is 404 g/mol. The normalized spacial score (nSPS) is 11.6. The van der Waals surface area contributed by atoms with Gasteiger partial charge < -0.3 is 14.5 Å². The van der Waals surface area contributed by atoms with Crippen LogP contribution in [0.1, 0.15) is 17.0 Å². The van der Waals surface area contributed by atoms with E-state index in [-0.39, 0.29) is 5.69 Å². The number of H-pyrrole nitrogens is 2. The van der Waals surface area contributed by atoms with Crippen molar-refractivity contribution in [3.63, 3.8) is 0 Å². The molecule has 29 heavy (non-hydrogen) atoms. The van der Waals surface area contributed by atoms with E-state index in [0.717, 1.165) is 44.4 Å². The van der Waals surface area contributed by atoms with Gasteiger partial charge in [-0.2, -0.15) is 0 Å². The van der Waals surface area contributed by atoms with E-state index in [9.17, 15) is 4.79 Å². The lowest BCUT2D eigenvalue weighted by molar-refractivity contribution is 0.393. The molecule has 0 saturated heterocycles. The van der Waals surface area contributed by atoms with Crippen LogP contribution in [0.15, 0.2) is 45.8 Å². The van der Waals surface area contributed by atoms with Gasteiger partial charge in [-0.25, -0.2) is 4.79 Å². The zero-order valence-corrected chi connectivity index (χ0v) is 16.8. The van der Waals surface area contributed by atoms with Crippen LogP contribution in [0.4, 0.5) is 0 Å². The summed E-state index contributed by atoms with van der Waals surface area (Å²) in [5.74, 6) is 0.670. The van der Waals surface area contributed by atoms with Gasteiger partial charge in [-0.05, 0) is 50.1 Å². The van der Waals surface area contributed by atoms with Crippen LogP contribution in [0.25, 0.3) is 44.2 Å². The van der Waals surface area contributed by atoms with Crippen molar-refractivity contribution in [3.05, 3.63) is 69.1 Å². The van der Waals surface area contributed by atoms with E-state index in [1.807, 2.05) is 51.1 Å². The van der Waals surface area contributed by atoms with E-state index in [1.54, 1.807) is 6.20 Å². The van der Waals surface area contributed by atoms with Crippen molar-refractivity contribution in [1.29, 1.82) is 0 Å². The number of aromatic nitrogens is 4. The number of imidazole rings is 1. The SMILES string of the molecule is Cc1ccc2ncccc2c1-c1cc(-c2c(C)noc2C)c(Cl)c2[nH]c(=O)[nH]c12. The van der Waals surface area contributed by atoms with E-state index >= 15 is 0 Å². The van der Waals surface area contributed by atoms with Gasteiger partial charge in [0.1, 0.15) is 5.76 Å². The van der Waals surface area contributed by atoms with Gasteiger partial charge in [0.15, 0.2) is 0 Å². The summed E-state index contributed by atoms with van der Waals surface area (Å²) < 4.78 is 5.36. The lowest BCUT2D eigenvalue weighted by Gasteiger charge is -2.14. The van der Waals surface area contributed by atoms with Gasteiger partial charge in [0.05, 0.1) is 27.3 Å². The molecule has 0 aliphatic carbocycles.